The molecule has 3 atom stereocenters. The first-order valence-electron chi connectivity index (χ1n) is 10.5. The number of alkyl carbamates (subject to hydrolysis) is 1. The van der Waals surface area contributed by atoms with Crippen molar-refractivity contribution in [2.24, 2.45) is 0 Å². The molecule has 5 nitrogen and oxygen atoms in total. The van der Waals surface area contributed by atoms with E-state index in [2.05, 4.69) is 21.2 Å². The lowest BCUT2D eigenvalue weighted by Crippen LogP contribution is -2.46. The van der Waals surface area contributed by atoms with E-state index < -0.39 is 29.2 Å². The van der Waals surface area contributed by atoms with Gasteiger partial charge in [-0.1, -0.05) is 48.9 Å². The highest BCUT2D eigenvalue weighted by Gasteiger charge is 2.53. The third kappa shape index (κ3) is 4.90. The number of rotatable bonds is 6. The lowest BCUT2D eigenvalue weighted by Gasteiger charge is -2.38. The van der Waals surface area contributed by atoms with Crippen molar-refractivity contribution in [1.29, 1.82) is 0 Å². The topological polar surface area (TPSA) is 67.8 Å². The van der Waals surface area contributed by atoms with E-state index in [9.17, 15) is 14.3 Å². The highest BCUT2D eigenvalue weighted by atomic mass is 79.9. The SMILES string of the molecule is C[C@H]1c2c(cc(F)c(Cl)c2Br)O[C@@]1(c1ccccc1)C(O)CCCNC(=O)OC(C)(C)C. The predicted octanol–water partition coefficient (Wildman–Crippen LogP) is 6.30. The molecule has 0 spiro atoms. The first-order chi connectivity index (χ1) is 15.0. The highest BCUT2D eigenvalue weighted by molar-refractivity contribution is 9.10. The molecule has 1 heterocycles. The van der Waals surface area contributed by atoms with Crippen LogP contribution in [0.15, 0.2) is 40.9 Å². The zero-order valence-corrected chi connectivity index (χ0v) is 20.9. The highest BCUT2D eigenvalue weighted by Crippen LogP contribution is 2.56. The molecule has 0 radical (unpaired) electrons. The van der Waals surface area contributed by atoms with Crippen molar-refractivity contribution < 1.29 is 23.8 Å². The number of hydrogen-bond donors (Lipinski definition) is 2. The van der Waals surface area contributed by atoms with Crippen LogP contribution in [0.25, 0.3) is 0 Å². The van der Waals surface area contributed by atoms with Crippen LogP contribution in [0.2, 0.25) is 5.02 Å². The molecule has 2 N–H and O–H groups in total. The van der Waals surface area contributed by atoms with Crippen LogP contribution < -0.4 is 10.1 Å². The molecule has 2 aromatic rings. The van der Waals surface area contributed by atoms with Gasteiger partial charge in [-0.05, 0) is 55.1 Å². The number of ether oxygens (including phenoxy) is 2. The van der Waals surface area contributed by atoms with Gasteiger partial charge in [-0.15, -0.1) is 0 Å². The largest absolute Gasteiger partial charge is 0.479 e. The lowest BCUT2D eigenvalue weighted by molar-refractivity contribution is -0.0633. The number of carbonyl (C=O) groups is 1. The summed E-state index contributed by atoms with van der Waals surface area (Å²) in [6, 6.07) is 10.7. The van der Waals surface area contributed by atoms with Gasteiger partial charge >= 0.3 is 6.09 Å². The monoisotopic (exact) mass is 527 g/mol. The van der Waals surface area contributed by atoms with Crippen LogP contribution in [0.1, 0.15) is 57.6 Å². The van der Waals surface area contributed by atoms with Crippen molar-refractivity contribution in [3.05, 3.63) is 62.8 Å². The smallest absolute Gasteiger partial charge is 0.407 e. The molecular weight excluding hydrogens is 501 g/mol. The molecule has 0 aliphatic carbocycles. The number of aliphatic hydroxyl groups excluding tert-OH is 1. The van der Waals surface area contributed by atoms with E-state index in [1.165, 1.54) is 6.07 Å². The Balaban J connectivity index is 1.82. The van der Waals surface area contributed by atoms with Crippen LogP contribution in [-0.4, -0.2) is 29.4 Å². The molecule has 0 saturated carbocycles. The molecule has 1 aliphatic heterocycles. The Morgan fingerprint density at radius 1 is 1.38 bits per heavy atom. The molecule has 174 valence electrons. The van der Waals surface area contributed by atoms with Gasteiger partial charge in [0.1, 0.15) is 17.2 Å². The second-order valence-electron chi connectivity index (χ2n) is 8.97. The fourth-order valence-corrected chi connectivity index (χ4v) is 5.02. The summed E-state index contributed by atoms with van der Waals surface area (Å²) in [5.41, 5.74) is -0.218. The molecular formula is C24H28BrClFNO4. The van der Waals surface area contributed by atoms with Crippen molar-refractivity contribution in [2.45, 2.75) is 63.8 Å². The number of halogens is 3. The molecule has 1 aliphatic rings. The molecule has 8 heteroatoms. The van der Waals surface area contributed by atoms with Crippen LogP contribution in [0.5, 0.6) is 5.75 Å². The Labute approximate surface area is 201 Å². The predicted molar refractivity (Wildman–Crippen MR) is 126 cm³/mol. The first-order valence-corrected chi connectivity index (χ1v) is 11.7. The van der Waals surface area contributed by atoms with Gasteiger partial charge in [0.25, 0.3) is 0 Å². The number of benzene rings is 2. The van der Waals surface area contributed by atoms with E-state index in [0.717, 1.165) is 5.56 Å². The fraction of sp³-hybridized carbons (Fsp3) is 0.458. The summed E-state index contributed by atoms with van der Waals surface area (Å²) < 4.78 is 26.3. The van der Waals surface area contributed by atoms with Crippen LogP contribution in [0, 0.1) is 5.82 Å². The zero-order chi connectivity index (χ0) is 23.7. The van der Waals surface area contributed by atoms with Crippen LogP contribution >= 0.6 is 27.5 Å². The molecule has 1 amide bonds. The molecule has 0 bridgehead atoms. The number of hydrogen-bond acceptors (Lipinski definition) is 4. The Morgan fingerprint density at radius 3 is 2.66 bits per heavy atom. The third-order valence-corrected chi connectivity index (χ3v) is 6.98. The van der Waals surface area contributed by atoms with Gasteiger partial charge in [0.2, 0.25) is 0 Å². The van der Waals surface area contributed by atoms with E-state index in [1.54, 1.807) is 20.8 Å². The molecule has 0 saturated heterocycles. The maximum atomic E-state index is 14.3. The van der Waals surface area contributed by atoms with E-state index in [0.29, 0.717) is 35.2 Å². The first kappa shape index (κ1) is 24.8. The normalized spacial score (nSPS) is 20.9. The Hall–Kier alpha value is -1.83. The van der Waals surface area contributed by atoms with Gasteiger partial charge in [0.15, 0.2) is 5.60 Å². The van der Waals surface area contributed by atoms with Crippen LogP contribution in [0.3, 0.4) is 0 Å². The van der Waals surface area contributed by atoms with E-state index in [4.69, 9.17) is 21.1 Å². The van der Waals surface area contributed by atoms with Gasteiger partial charge in [-0.25, -0.2) is 9.18 Å². The van der Waals surface area contributed by atoms with E-state index in [1.807, 2.05) is 37.3 Å². The summed E-state index contributed by atoms with van der Waals surface area (Å²) in [6.45, 7) is 7.65. The third-order valence-electron chi connectivity index (χ3n) is 5.56. The Kier molecular flexibility index (Phi) is 7.42. The fourth-order valence-electron chi connectivity index (χ4n) is 4.13. The quantitative estimate of drug-likeness (QED) is 0.341. The minimum absolute atomic E-state index is 0.0147. The van der Waals surface area contributed by atoms with Crippen molar-refractivity contribution in [1.82, 2.24) is 5.32 Å². The molecule has 2 aromatic carbocycles. The standard InChI is InChI=1S/C24H28BrClFNO4/c1-14-19-17(13-16(27)21(26)20(19)25)31-24(14,15-9-6-5-7-10-15)18(29)11-8-12-28-22(30)32-23(2,3)4/h5-7,9-10,13-14,18,29H,8,11-12H2,1-4H3,(H,28,30)/t14-,18?,24-/m0/s1. The van der Waals surface area contributed by atoms with E-state index in [-0.39, 0.29) is 10.9 Å². The number of fused-ring (bicyclic) bond motifs is 1. The van der Waals surface area contributed by atoms with Gasteiger partial charge in [-0.3, -0.25) is 0 Å². The second kappa shape index (κ2) is 9.57. The molecule has 3 rings (SSSR count). The maximum absolute atomic E-state index is 14.3. The van der Waals surface area contributed by atoms with Crippen LogP contribution in [-0.2, 0) is 10.3 Å². The van der Waals surface area contributed by atoms with Gasteiger partial charge in [0.05, 0.1) is 11.1 Å². The van der Waals surface area contributed by atoms with Crippen molar-refractivity contribution in [3.63, 3.8) is 0 Å². The summed E-state index contributed by atoms with van der Waals surface area (Å²) in [6.07, 6.45) is -0.590. The second-order valence-corrected chi connectivity index (χ2v) is 10.1. The Morgan fingerprint density at radius 2 is 2.03 bits per heavy atom. The summed E-state index contributed by atoms with van der Waals surface area (Å²) in [5, 5.41) is 14.1. The number of nitrogens with one attached hydrogen (secondary N) is 1. The summed E-state index contributed by atoms with van der Waals surface area (Å²) in [4.78, 5) is 11.9. The minimum atomic E-state index is -1.13. The molecule has 0 fully saturated rings. The number of amides is 1. The van der Waals surface area contributed by atoms with Gasteiger partial charge in [-0.2, -0.15) is 0 Å². The van der Waals surface area contributed by atoms with E-state index >= 15 is 0 Å². The summed E-state index contributed by atoms with van der Waals surface area (Å²) in [7, 11) is 0. The molecule has 1 unspecified atom stereocenters. The maximum Gasteiger partial charge on any atom is 0.407 e. The van der Waals surface area contributed by atoms with Crippen LogP contribution in [0.4, 0.5) is 9.18 Å². The van der Waals surface area contributed by atoms with Crippen molar-refractivity contribution >= 4 is 33.6 Å². The zero-order valence-electron chi connectivity index (χ0n) is 18.5. The summed E-state index contributed by atoms with van der Waals surface area (Å²) >= 11 is 9.54. The minimum Gasteiger partial charge on any atom is -0.479 e. The number of carbonyl (C=O) groups excluding carboxylic acids is 1. The van der Waals surface area contributed by atoms with Crippen molar-refractivity contribution in [2.75, 3.05) is 6.54 Å². The average Bonchev–Trinajstić information content (AvgIpc) is 3.02. The van der Waals surface area contributed by atoms with Crippen molar-refractivity contribution in [3.8, 4) is 5.75 Å². The number of aliphatic hydroxyl groups is 1. The molecule has 32 heavy (non-hydrogen) atoms. The summed E-state index contributed by atoms with van der Waals surface area (Å²) in [5.74, 6) is -0.563. The molecule has 0 aromatic heterocycles. The average molecular weight is 529 g/mol. The van der Waals surface area contributed by atoms with Gasteiger partial charge < -0.3 is 19.9 Å². The van der Waals surface area contributed by atoms with Gasteiger partial charge in [0, 0.05) is 28.6 Å². The Bertz CT molecular complexity index is 982. The lowest BCUT2D eigenvalue weighted by atomic mass is 9.75.